The van der Waals surface area contributed by atoms with Crippen molar-refractivity contribution in [2.24, 2.45) is 17.6 Å². The van der Waals surface area contributed by atoms with Crippen LogP contribution in [0.3, 0.4) is 0 Å². The largest absolute Gasteiger partial charge is 0.330 e. The number of hydrogen-bond donors (Lipinski definition) is 1. The lowest BCUT2D eigenvalue weighted by Crippen LogP contribution is -2.13. The average Bonchev–Trinajstić information content (AvgIpc) is 2.05. The SMILES string of the molecule is CC(CCN)[C@@H](C)CCCCI. The van der Waals surface area contributed by atoms with Crippen LogP contribution in [0.15, 0.2) is 0 Å². The molecule has 2 atom stereocenters. The molecule has 0 heterocycles. The molecule has 0 spiro atoms. The van der Waals surface area contributed by atoms with Gasteiger partial charge < -0.3 is 5.73 Å². The molecule has 2 N–H and O–H groups in total. The highest BCUT2D eigenvalue weighted by Crippen LogP contribution is 2.20. The van der Waals surface area contributed by atoms with Crippen LogP contribution < -0.4 is 5.73 Å². The fourth-order valence-electron chi connectivity index (χ4n) is 1.39. The molecule has 0 rings (SSSR count). The van der Waals surface area contributed by atoms with Gasteiger partial charge in [-0.25, -0.2) is 0 Å². The fraction of sp³-hybridized carbons (Fsp3) is 1.00. The number of rotatable bonds is 7. The molecule has 2 heteroatoms. The first-order valence-corrected chi connectivity index (χ1v) is 6.51. The highest BCUT2D eigenvalue weighted by molar-refractivity contribution is 14.1. The van der Waals surface area contributed by atoms with Gasteiger partial charge in [0.15, 0.2) is 0 Å². The summed E-state index contributed by atoms with van der Waals surface area (Å²) in [5, 5.41) is 0. The first kappa shape index (κ1) is 12.7. The smallest absolute Gasteiger partial charge is 0.000473 e. The van der Waals surface area contributed by atoms with Gasteiger partial charge in [0, 0.05) is 0 Å². The van der Waals surface area contributed by atoms with Crippen molar-refractivity contribution in [3.05, 3.63) is 0 Å². The fourth-order valence-corrected chi connectivity index (χ4v) is 1.93. The third-order valence-electron chi connectivity index (χ3n) is 2.64. The van der Waals surface area contributed by atoms with E-state index in [1.165, 1.54) is 30.1 Å². The molecule has 0 aliphatic rings. The molecule has 74 valence electrons. The summed E-state index contributed by atoms with van der Waals surface area (Å²) in [7, 11) is 0. The zero-order valence-corrected chi connectivity index (χ0v) is 10.5. The van der Waals surface area contributed by atoms with Crippen molar-refractivity contribution < 1.29 is 0 Å². The lowest BCUT2D eigenvalue weighted by atomic mass is 9.89. The van der Waals surface area contributed by atoms with E-state index >= 15 is 0 Å². The molecular formula is C10H22IN. The van der Waals surface area contributed by atoms with E-state index in [9.17, 15) is 0 Å². The second kappa shape index (κ2) is 8.30. The Morgan fingerprint density at radius 3 is 2.17 bits per heavy atom. The lowest BCUT2D eigenvalue weighted by Gasteiger charge is -2.18. The predicted molar refractivity (Wildman–Crippen MR) is 64.7 cm³/mol. The molecule has 1 unspecified atom stereocenters. The topological polar surface area (TPSA) is 26.0 Å². The van der Waals surface area contributed by atoms with E-state index in [2.05, 4.69) is 36.4 Å². The van der Waals surface area contributed by atoms with E-state index in [4.69, 9.17) is 5.73 Å². The molecule has 0 amide bonds. The Morgan fingerprint density at radius 2 is 1.67 bits per heavy atom. The monoisotopic (exact) mass is 283 g/mol. The highest BCUT2D eigenvalue weighted by Gasteiger charge is 2.10. The van der Waals surface area contributed by atoms with E-state index in [0.29, 0.717) is 0 Å². The van der Waals surface area contributed by atoms with Crippen LogP contribution in [0.5, 0.6) is 0 Å². The molecule has 0 bridgehead atoms. The Hall–Kier alpha value is 0.690. The second-order valence-electron chi connectivity index (χ2n) is 3.72. The van der Waals surface area contributed by atoms with Crippen LogP contribution in [0.4, 0.5) is 0 Å². The average molecular weight is 283 g/mol. The Balaban J connectivity index is 3.35. The van der Waals surface area contributed by atoms with Crippen LogP contribution in [0, 0.1) is 11.8 Å². The third kappa shape index (κ3) is 6.23. The molecule has 0 fully saturated rings. The predicted octanol–water partition coefficient (Wildman–Crippen LogP) is 3.21. The summed E-state index contributed by atoms with van der Waals surface area (Å²) in [6.45, 7) is 5.52. The molecule has 0 aromatic rings. The molecule has 0 aliphatic carbocycles. The quantitative estimate of drug-likeness (QED) is 0.433. The van der Waals surface area contributed by atoms with Crippen molar-refractivity contribution in [1.82, 2.24) is 0 Å². The van der Waals surface area contributed by atoms with Gasteiger partial charge in [0.05, 0.1) is 0 Å². The van der Waals surface area contributed by atoms with Crippen molar-refractivity contribution in [3.63, 3.8) is 0 Å². The van der Waals surface area contributed by atoms with Crippen molar-refractivity contribution >= 4 is 22.6 Å². The Bertz CT molecular complexity index is 95.8. The van der Waals surface area contributed by atoms with Crippen LogP contribution in [0.25, 0.3) is 0 Å². The summed E-state index contributed by atoms with van der Waals surface area (Å²) in [6, 6.07) is 0. The van der Waals surface area contributed by atoms with Gasteiger partial charge in [-0.1, -0.05) is 49.3 Å². The minimum absolute atomic E-state index is 0.809. The lowest BCUT2D eigenvalue weighted by molar-refractivity contribution is 0.340. The van der Waals surface area contributed by atoms with Crippen LogP contribution in [0.2, 0.25) is 0 Å². The number of alkyl halides is 1. The molecule has 12 heavy (non-hydrogen) atoms. The van der Waals surface area contributed by atoms with E-state index < -0.39 is 0 Å². The van der Waals surface area contributed by atoms with Crippen molar-refractivity contribution in [1.29, 1.82) is 0 Å². The van der Waals surface area contributed by atoms with Crippen LogP contribution in [-0.4, -0.2) is 11.0 Å². The van der Waals surface area contributed by atoms with Crippen LogP contribution in [0.1, 0.15) is 39.5 Å². The van der Waals surface area contributed by atoms with Gasteiger partial charge in [-0.05, 0) is 35.6 Å². The zero-order valence-electron chi connectivity index (χ0n) is 8.35. The molecule has 0 aromatic heterocycles. The maximum atomic E-state index is 5.52. The normalized spacial score (nSPS) is 16.0. The van der Waals surface area contributed by atoms with Crippen LogP contribution in [-0.2, 0) is 0 Å². The van der Waals surface area contributed by atoms with E-state index in [1.54, 1.807) is 0 Å². The Kier molecular flexibility index (Phi) is 8.77. The van der Waals surface area contributed by atoms with Crippen LogP contribution >= 0.6 is 22.6 Å². The Morgan fingerprint density at radius 1 is 1.08 bits per heavy atom. The molecular weight excluding hydrogens is 261 g/mol. The van der Waals surface area contributed by atoms with E-state index in [-0.39, 0.29) is 0 Å². The molecule has 1 nitrogen and oxygen atoms in total. The summed E-state index contributed by atoms with van der Waals surface area (Å²) in [4.78, 5) is 0. The second-order valence-corrected chi connectivity index (χ2v) is 4.80. The number of unbranched alkanes of at least 4 members (excludes halogenated alkanes) is 1. The van der Waals surface area contributed by atoms with Crippen molar-refractivity contribution in [2.45, 2.75) is 39.5 Å². The van der Waals surface area contributed by atoms with E-state index in [1.807, 2.05) is 0 Å². The van der Waals surface area contributed by atoms with Gasteiger partial charge in [-0.3, -0.25) is 0 Å². The first-order chi connectivity index (χ1) is 5.72. The molecule has 0 aliphatic heterocycles. The maximum absolute atomic E-state index is 5.52. The number of nitrogens with two attached hydrogens (primary N) is 1. The summed E-state index contributed by atoms with van der Waals surface area (Å²) in [5.41, 5.74) is 5.52. The van der Waals surface area contributed by atoms with Gasteiger partial charge in [-0.15, -0.1) is 0 Å². The third-order valence-corrected chi connectivity index (χ3v) is 3.40. The van der Waals surface area contributed by atoms with Gasteiger partial charge in [-0.2, -0.15) is 0 Å². The van der Waals surface area contributed by atoms with Gasteiger partial charge in [0.25, 0.3) is 0 Å². The summed E-state index contributed by atoms with van der Waals surface area (Å²) in [6.07, 6.45) is 5.33. The number of hydrogen-bond acceptors (Lipinski definition) is 1. The minimum Gasteiger partial charge on any atom is -0.330 e. The van der Waals surface area contributed by atoms with E-state index in [0.717, 1.165) is 18.4 Å². The molecule has 0 aromatic carbocycles. The first-order valence-electron chi connectivity index (χ1n) is 4.98. The molecule has 0 saturated carbocycles. The van der Waals surface area contributed by atoms with Crippen molar-refractivity contribution in [3.8, 4) is 0 Å². The van der Waals surface area contributed by atoms with Gasteiger partial charge in [0.2, 0.25) is 0 Å². The highest BCUT2D eigenvalue weighted by atomic mass is 127. The zero-order chi connectivity index (χ0) is 9.40. The summed E-state index contributed by atoms with van der Waals surface area (Å²) >= 11 is 2.45. The maximum Gasteiger partial charge on any atom is -0.000473 e. The number of halogens is 1. The molecule has 0 saturated heterocycles. The Labute approximate surface area is 90.6 Å². The standard InChI is InChI=1S/C10H22IN/c1-9(5-3-4-7-11)10(2)6-8-12/h9-10H,3-8,12H2,1-2H3/t9-,10?/m0/s1. The summed E-state index contributed by atoms with van der Waals surface area (Å²) in [5.74, 6) is 1.67. The molecule has 0 radical (unpaired) electrons. The van der Waals surface area contributed by atoms with Gasteiger partial charge in [0.1, 0.15) is 0 Å². The van der Waals surface area contributed by atoms with Gasteiger partial charge >= 0.3 is 0 Å². The summed E-state index contributed by atoms with van der Waals surface area (Å²) < 4.78 is 1.30. The van der Waals surface area contributed by atoms with Crippen molar-refractivity contribution in [2.75, 3.05) is 11.0 Å². The minimum atomic E-state index is 0.809.